The van der Waals surface area contributed by atoms with E-state index in [1.54, 1.807) is 10.8 Å². The molecule has 7 heteroatoms. The third-order valence-electron chi connectivity index (χ3n) is 7.14. The molecular weight excluding hydrogens is 462 g/mol. The molecule has 0 saturated carbocycles. The summed E-state index contributed by atoms with van der Waals surface area (Å²) in [6.45, 7) is 6.26. The number of nitrogens with one attached hydrogen (secondary N) is 1. The van der Waals surface area contributed by atoms with Crippen molar-refractivity contribution >= 4 is 22.9 Å². The molecule has 4 aromatic rings. The number of carbonyl (C=O) groups excluding carboxylic acids is 1. The van der Waals surface area contributed by atoms with Crippen LogP contribution in [-0.4, -0.2) is 33.5 Å². The average Bonchev–Trinajstić information content (AvgIpc) is 2.94. The molecular formula is C30H33N5O2. The van der Waals surface area contributed by atoms with Crippen LogP contribution in [0.1, 0.15) is 42.0 Å². The van der Waals surface area contributed by atoms with Crippen molar-refractivity contribution < 1.29 is 4.79 Å². The maximum Gasteiger partial charge on any atom is 0.295 e. The van der Waals surface area contributed by atoms with Gasteiger partial charge in [0.25, 0.3) is 5.56 Å². The number of aryl methyl sites for hydroxylation is 2. The van der Waals surface area contributed by atoms with Crippen molar-refractivity contribution in [3.05, 3.63) is 99.5 Å². The van der Waals surface area contributed by atoms with Gasteiger partial charge in [-0.05, 0) is 55.0 Å². The molecule has 0 aliphatic carbocycles. The molecule has 7 nitrogen and oxygen atoms in total. The highest BCUT2D eigenvalue weighted by Gasteiger charge is 2.28. The number of carbonyl (C=O) groups is 1. The Morgan fingerprint density at radius 1 is 1.03 bits per heavy atom. The largest absolute Gasteiger partial charge is 0.352 e. The van der Waals surface area contributed by atoms with Gasteiger partial charge in [0.05, 0.1) is 12.5 Å². The molecule has 0 unspecified atom stereocenters. The first kappa shape index (κ1) is 24.7. The van der Waals surface area contributed by atoms with Gasteiger partial charge in [-0.25, -0.2) is 9.97 Å². The number of hydrogen-bond donors (Lipinski definition) is 1. The van der Waals surface area contributed by atoms with E-state index in [0.29, 0.717) is 43.2 Å². The Morgan fingerprint density at radius 2 is 1.76 bits per heavy atom. The van der Waals surface area contributed by atoms with Crippen LogP contribution in [0.25, 0.3) is 11.2 Å². The third kappa shape index (κ3) is 5.56. The summed E-state index contributed by atoms with van der Waals surface area (Å²) < 4.78 is 1.70. The van der Waals surface area contributed by atoms with Crippen molar-refractivity contribution in [1.82, 2.24) is 19.9 Å². The standard InChI is InChI=1S/C30H33N5O2/c1-3-22-12-14-23(15-13-22)18-32-29(36)25-6-5-17-34(20-25)28-30(37)35(19-24-10-8-21(2)9-11-24)27-26(33-28)7-4-16-31-27/h4,7-16,25H,3,5-6,17-20H2,1-2H3,(H,32,36)/t25-/m0/s1. The van der Waals surface area contributed by atoms with E-state index in [9.17, 15) is 9.59 Å². The number of hydrogen-bond acceptors (Lipinski definition) is 5. The number of nitrogens with zero attached hydrogens (tertiary/aromatic N) is 4. The number of amides is 1. The van der Waals surface area contributed by atoms with Crippen LogP contribution < -0.4 is 15.8 Å². The van der Waals surface area contributed by atoms with Crippen molar-refractivity contribution in [2.45, 2.75) is 46.2 Å². The quantitative estimate of drug-likeness (QED) is 0.415. The summed E-state index contributed by atoms with van der Waals surface area (Å²) in [7, 11) is 0. The second-order valence-corrected chi connectivity index (χ2v) is 9.83. The van der Waals surface area contributed by atoms with Crippen LogP contribution in [0.3, 0.4) is 0 Å². The lowest BCUT2D eigenvalue weighted by molar-refractivity contribution is -0.125. The van der Waals surface area contributed by atoms with E-state index in [-0.39, 0.29) is 17.4 Å². The zero-order chi connectivity index (χ0) is 25.8. The molecule has 0 radical (unpaired) electrons. The van der Waals surface area contributed by atoms with Crippen LogP contribution in [0.2, 0.25) is 0 Å². The van der Waals surface area contributed by atoms with E-state index in [0.717, 1.165) is 30.4 Å². The summed E-state index contributed by atoms with van der Waals surface area (Å²) in [6, 6.07) is 20.2. The number of benzene rings is 2. The fraction of sp³-hybridized carbons (Fsp3) is 0.333. The highest BCUT2D eigenvalue weighted by molar-refractivity contribution is 5.79. The fourth-order valence-corrected chi connectivity index (χ4v) is 4.90. The smallest absolute Gasteiger partial charge is 0.295 e. The number of piperidine rings is 1. The molecule has 0 bridgehead atoms. The molecule has 3 heterocycles. The van der Waals surface area contributed by atoms with Gasteiger partial charge in [0.15, 0.2) is 11.5 Å². The summed E-state index contributed by atoms with van der Waals surface area (Å²) >= 11 is 0. The predicted molar refractivity (Wildman–Crippen MR) is 147 cm³/mol. The molecule has 2 aromatic heterocycles. The highest BCUT2D eigenvalue weighted by Crippen LogP contribution is 2.22. The fourth-order valence-electron chi connectivity index (χ4n) is 4.90. The first-order valence-electron chi connectivity index (χ1n) is 13.0. The molecule has 1 aliphatic rings. The number of fused-ring (bicyclic) bond motifs is 1. The second kappa shape index (κ2) is 10.9. The van der Waals surface area contributed by atoms with Crippen molar-refractivity contribution in [2.75, 3.05) is 18.0 Å². The van der Waals surface area contributed by atoms with E-state index in [1.807, 2.05) is 48.2 Å². The number of pyridine rings is 1. The lowest BCUT2D eigenvalue weighted by atomic mass is 9.97. The van der Waals surface area contributed by atoms with Crippen LogP contribution in [0.5, 0.6) is 0 Å². The molecule has 1 N–H and O–H groups in total. The first-order chi connectivity index (χ1) is 18.0. The van der Waals surface area contributed by atoms with Gasteiger partial charge in [-0.15, -0.1) is 0 Å². The molecule has 0 spiro atoms. The van der Waals surface area contributed by atoms with Gasteiger partial charge >= 0.3 is 0 Å². The maximum atomic E-state index is 13.7. The SMILES string of the molecule is CCc1ccc(CNC(=O)[C@H]2CCCN(c3nc4cccnc4n(Cc4ccc(C)cc4)c3=O)C2)cc1. The Kier molecular flexibility index (Phi) is 7.30. The van der Waals surface area contributed by atoms with Crippen LogP contribution in [0.15, 0.2) is 71.7 Å². The van der Waals surface area contributed by atoms with Gasteiger partial charge in [-0.3, -0.25) is 14.2 Å². The minimum absolute atomic E-state index is 0.0201. The molecule has 2 aromatic carbocycles. The van der Waals surface area contributed by atoms with Gasteiger partial charge in [0, 0.05) is 25.8 Å². The third-order valence-corrected chi connectivity index (χ3v) is 7.14. The van der Waals surface area contributed by atoms with Crippen molar-refractivity contribution in [3.8, 4) is 0 Å². The normalized spacial score (nSPS) is 15.6. The molecule has 1 amide bonds. The number of rotatable bonds is 7. The van der Waals surface area contributed by atoms with E-state index in [2.05, 4.69) is 41.5 Å². The Morgan fingerprint density at radius 3 is 2.51 bits per heavy atom. The van der Waals surface area contributed by atoms with Gasteiger partial charge in [0.2, 0.25) is 5.91 Å². The molecule has 190 valence electrons. The topological polar surface area (TPSA) is 80.1 Å². The zero-order valence-corrected chi connectivity index (χ0v) is 21.5. The Hall–Kier alpha value is -4.00. The second-order valence-electron chi connectivity index (χ2n) is 9.83. The van der Waals surface area contributed by atoms with Crippen LogP contribution in [0.4, 0.5) is 5.82 Å². The molecule has 1 aliphatic heterocycles. The minimum atomic E-state index is -0.194. The Bertz CT molecular complexity index is 1440. The van der Waals surface area contributed by atoms with Crippen LogP contribution in [0, 0.1) is 12.8 Å². The monoisotopic (exact) mass is 495 g/mol. The van der Waals surface area contributed by atoms with Crippen molar-refractivity contribution in [1.29, 1.82) is 0 Å². The van der Waals surface area contributed by atoms with Crippen LogP contribution in [-0.2, 0) is 24.3 Å². The summed E-state index contributed by atoms with van der Waals surface area (Å²) in [4.78, 5) is 37.9. The Labute approximate surface area is 217 Å². The van der Waals surface area contributed by atoms with Gasteiger partial charge in [-0.2, -0.15) is 0 Å². The van der Waals surface area contributed by atoms with E-state index >= 15 is 0 Å². The number of aromatic nitrogens is 3. The van der Waals surface area contributed by atoms with Crippen molar-refractivity contribution in [3.63, 3.8) is 0 Å². The summed E-state index contributed by atoms with van der Waals surface area (Å²) in [5.41, 5.74) is 5.63. The van der Waals surface area contributed by atoms with Crippen molar-refractivity contribution in [2.24, 2.45) is 5.92 Å². The highest BCUT2D eigenvalue weighted by atomic mass is 16.2. The minimum Gasteiger partial charge on any atom is -0.352 e. The number of anilines is 1. The van der Waals surface area contributed by atoms with Gasteiger partial charge in [0.1, 0.15) is 5.52 Å². The van der Waals surface area contributed by atoms with E-state index in [1.165, 1.54) is 11.1 Å². The lowest BCUT2D eigenvalue weighted by Crippen LogP contribution is -2.45. The predicted octanol–water partition coefficient (Wildman–Crippen LogP) is 4.24. The maximum absolute atomic E-state index is 13.7. The summed E-state index contributed by atoms with van der Waals surface area (Å²) in [5, 5.41) is 3.09. The zero-order valence-electron chi connectivity index (χ0n) is 21.5. The molecule has 1 atom stereocenters. The molecule has 37 heavy (non-hydrogen) atoms. The Balaban J connectivity index is 1.36. The molecule has 1 saturated heterocycles. The van der Waals surface area contributed by atoms with E-state index in [4.69, 9.17) is 4.98 Å². The van der Waals surface area contributed by atoms with E-state index < -0.39 is 0 Å². The lowest BCUT2D eigenvalue weighted by Gasteiger charge is -2.32. The van der Waals surface area contributed by atoms with Gasteiger partial charge in [-0.1, -0.05) is 61.0 Å². The van der Waals surface area contributed by atoms with Gasteiger partial charge < -0.3 is 10.2 Å². The summed E-state index contributed by atoms with van der Waals surface area (Å²) in [6.07, 6.45) is 4.30. The summed E-state index contributed by atoms with van der Waals surface area (Å²) in [5.74, 6) is 0.215. The molecule has 1 fully saturated rings. The first-order valence-corrected chi connectivity index (χ1v) is 13.0. The van der Waals surface area contributed by atoms with Crippen LogP contribution >= 0.6 is 0 Å². The average molecular weight is 496 g/mol. The molecule has 5 rings (SSSR count).